The van der Waals surface area contributed by atoms with E-state index in [1.54, 1.807) is 0 Å². The molecule has 0 aromatic heterocycles. The Hall–Kier alpha value is -1.72. The largest absolute Gasteiger partial charge is 0.412 e. The summed E-state index contributed by atoms with van der Waals surface area (Å²) < 4.78 is 0. The van der Waals surface area contributed by atoms with E-state index in [1.165, 1.54) is 108 Å². The van der Waals surface area contributed by atoms with Crippen molar-refractivity contribution in [2.24, 2.45) is 0 Å². The van der Waals surface area contributed by atoms with Gasteiger partial charge >= 0.3 is 0 Å². The van der Waals surface area contributed by atoms with E-state index in [1.807, 2.05) is 0 Å². The summed E-state index contributed by atoms with van der Waals surface area (Å²) in [6, 6.07) is 23.7. The van der Waals surface area contributed by atoms with Gasteiger partial charge in [0.2, 0.25) is 0 Å². The highest BCUT2D eigenvalue weighted by Crippen LogP contribution is 2.24. The smallest absolute Gasteiger partial charge is 0.00984 e. The number of rotatable bonds is 10. The molecule has 2 unspecified atom stereocenters. The SMILES string of the molecule is O.O.c1ccc(CCC2CCCCN2CCCN2CCCCC2CCc2ccccc2)cc1. The Labute approximate surface area is 201 Å². The summed E-state index contributed by atoms with van der Waals surface area (Å²) in [6.07, 6.45) is 14.9. The van der Waals surface area contributed by atoms with Crippen LogP contribution in [0.25, 0.3) is 0 Å². The number of aryl methyl sites for hydroxylation is 2. The van der Waals surface area contributed by atoms with Crippen LogP contribution < -0.4 is 0 Å². The quantitative estimate of drug-likeness (QED) is 0.522. The Morgan fingerprint density at radius 2 is 1.00 bits per heavy atom. The van der Waals surface area contributed by atoms with Gasteiger partial charge in [-0.25, -0.2) is 0 Å². The molecule has 2 saturated heterocycles. The predicted molar refractivity (Wildman–Crippen MR) is 140 cm³/mol. The number of nitrogens with zero attached hydrogens (tertiary/aromatic N) is 2. The minimum atomic E-state index is 0. The Kier molecular flexibility index (Phi) is 12.7. The molecule has 4 N–H and O–H groups in total. The van der Waals surface area contributed by atoms with Crippen molar-refractivity contribution in [3.63, 3.8) is 0 Å². The first kappa shape index (κ1) is 27.5. The molecule has 0 spiro atoms. The highest BCUT2D eigenvalue weighted by atomic mass is 16.0. The lowest BCUT2D eigenvalue weighted by Crippen LogP contribution is -2.44. The minimum Gasteiger partial charge on any atom is -0.412 e. The second-order valence-corrected chi connectivity index (χ2v) is 9.77. The van der Waals surface area contributed by atoms with Crippen LogP contribution in [0, 0.1) is 0 Å². The average Bonchev–Trinajstić information content (AvgIpc) is 2.84. The number of likely N-dealkylation sites (tertiary alicyclic amines) is 2. The molecule has 2 aromatic rings. The normalized spacial score (nSPS) is 21.7. The molecule has 2 aromatic carbocycles. The van der Waals surface area contributed by atoms with Crippen molar-refractivity contribution < 1.29 is 11.0 Å². The second kappa shape index (κ2) is 15.2. The second-order valence-electron chi connectivity index (χ2n) is 9.77. The number of hydrogen-bond acceptors (Lipinski definition) is 2. The van der Waals surface area contributed by atoms with E-state index in [2.05, 4.69) is 70.5 Å². The maximum Gasteiger partial charge on any atom is 0.00984 e. The molecular weight excluding hydrogens is 408 g/mol. The molecular formula is C29H46N2O2. The van der Waals surface area contributed by atoms with Gasteiger partial charge in [0.15, 0.2) is 0 Å². The fourth-order valence-electron chi connectivity index (χ4n) is 5.80. The lowest BCUT2D eigenvalue weighted by molar-refractivity contribution is 0.108. The third-order valence-corrected chi connectivity index (χ3v) is 7.61. The Morgan fingerprint density at radius 3 is 1.42 bits per heavy atom. The lowest BCUT2D eigenvalue weighted by Gasteiger charge is -2.38. The van der Waals surface area contributed by atoms with Gasteiger partial charge in [-0.15, -0.1) is 0 Å². The van der Waals surface area contributed by atoms with Crippen molar-refractivity contribution in [1.82, 2.24) is 9.80 Å². The molecule has 0 aliphatic carbocycles. The van der Waals surface area contributed by atoms with Gasteiger partial charge in [0.25, 0.3) is 0 Å². The third kappa shape index (κ3) is 8.86. The summed E-state index contributed by atoms with van der Waals surface area (Å²) in [7, 11) is 0. The van der Waals surface area contributed by atoms with Crippen LogP contribution >= 0.6 is 0 Å². The van der Waals surface area contributed by atoms with Crippen molar-refractivity contribution in [2.45, 2.75) is 82.7 Å². The number of benzene rings is 2. The maximum absolute atomic E-state index is 2.83. The molecule has 4 nitrogen and oxygen atoms in total. The van der Waals surface area contributed by atoms with Crippen LogP contribution in [0.3, 0.4) is 0 Å². The summed E-state index contributed by atoms with van der Waals surface area (Å²) in [5.74, 6) is 0. The summed E-state index contributed by atoms with van der Waals surface area (Å²) in [4.78, 5) is 5.66. The lowest BCUT2D eigenvalue weighted by atomic mass is 9.95. The molecule has 0 amide bonds. The van der Waals surface area contributed by atoms with E-state index in [-0.39, 0.29) is 11.0 Å². The van der Waals surface area contributed by atoms with Crippen LogP contribution in [0.5, 0.6) is 0 Å². The van der Waals surface area contributed by atoms with Crippen molar-refractivity contribution in [1.29, 1.82) is 0 Å². The molecule has 4 rings (SSSR count). The van der Waals surface area contributed by atoms with E-state index in [9.17, 15) is 0 Å². The van der Waals surface area contributed by atoms with Gasteiger partial charge in [0.1, 0.15) is 0 Å². The molecule has 184 valence electrons. The molecule has 0 saturated carbocycles. The summed E-state index contributed by atoms with van der Waals surface area (Å²) in [5, 5.41) is 0. The van der Waals surface area contributed by atoms with Gasteiger partial charge < -0.3 is 20.8 Å². The van der Waals surface area contributed by atoms with Crippen molar-refractivity contribution in [3.8, 4) is 0 Å². The standard InChI is InChI=1S/C29H42N2.2H2O/c1-3-12-26(13-4-1)18-20-28-16-7-9-22-30(28)24-11-25-31-23-10-8-17-29(31)21-19-27-14-5-2-6-15-27;;/h1-6,12-15,28-29H,7-11,16-25H2;2*1H2. The Bertz CT molecular complexity index is 676. The number of piperidine rings is 2. The van der Waals surface area contributed by atoms with E-state index in [0.717, 1.165) is 12.1 Å². The molecule has 0 bridgehead atoms. The maximum atomic E-state index is 2.83. The average molecular weight is 455 g/mol. The molecule has 0 radical (unpaired) electrons. The first-order chi connectivity index (χ1) is 15.4. The van der Waals surface area contributed by atoms with E-state index in [4.69, 9.17) is 0 Å². The van der Waals surface area contributed by atoms with Gasteiger partial charge in [0.05, 0.1) is 0 Å². The van der Waals surface area contributed by atoms with Gasteiger partial charge in [-0.1, -0.05) is 73.5 Å². The zero-order chi connectivity index (χ0) is 21.1. The zero-order valence-electron chi connectivity index (χ0n) is 20.4. The first-order valence-corrected chi connectivity index (χ1v) is 12.9. The minimum absolute atomic E-state index is 0. The van der Waals surface area contributed by atoms with E-state index < -0.39 is 0 Å². The zero-order valence-corrected chi connectivity index (χ0v) is 20.4. The molecule has 2 heterocycles. The van der Waals surface area contributed by atoms with Gasteiger partial charge in [-0.2, -0.15) is 0 Å². The molecule has 2 fully saturated rings. The fraction of sp³-hybridized carbons (Fsp3) is 0.586. The highest BCUT2D eigenvalue weighted by Gasteiger charge is 2.24. The van der Waals surface area contributed by atoms with E-state index in [0.29, 0.717) is 0 Å². The fourth-order valence-corrected chi connectivity index (χ4v) is 5.80. The number of hydrogen-bond donors (Lipinski definition) is 0. The molecule has 33 heavy (non-hydrogen) atoms. The topological polar surface area (TPSA) is 69.5 Å². The Balaban J connectivity index is 0.00000193. The Morgan fingerprint density at radius 1 is 0.576 bits per heavy atom. The highest BCUT2D eigenvalue weighted by molar-refractivity contribution is 5.15. The predicted octanol–water partition coefficient (Wildman–Crippen LogP) is 4.70. The van der Waals surface area contributed by atoms with Crippen molar-refractivity contribution in [2.75, 3.05) is 26.2 Å². The van der Waals surface area contributed by atoms with Gasteiger partial charge in [-0.3, -0.25) is 0 Å². The molecule has 2 aliphatic heterocycles. The summed E-state index contributed by atoms with van der Waals surface area (Å²) >= 11 is 0. The van der Waals surface area contributed by atoms with Gasteiger partial charge in [0, 0.05) is 12.1 Å². The van der Waals surface area contributed by atoms with Crippen LogP contribution in [-0.2, 0) is 12.8 Å². The summed E-state index contributed by atoms with van der Waals surface area (Å²) in [5.41, 5.74) is 3.00. The van der Waals surface area contributed by atoms with Crippen LogP contribution in [0.4, 0.5) is 0 Å². The van der Waals surface area contributed by atoms with E-state index >= 15 is 0 Å². The van der Waals surface area contributed by atoms with Crippen LogP contribution in [0.2, 0.25) is 0 Å². The van der Waals surface area contributed by atoms with Gasteiger partial charge in [-0.05, 0) is 95.1 Å². The van der Waals surface area contributed by atoms with Crippen LogP contribution in [0.1, 0.15) is 68.9 Å². The molecule has 2 atom stereocenters. The van der Waals surface area contributed by atoms with Crippen LogP contribution in [-0.4, -0.2) is 59.0 Å². The first-order valence-electron chi connectivity index (χ1n) is 12.9. The van der Waals surface area contributed by atoms with Crippen molar-refractivity contribution in [3.05, 3.63) is 71.8 Å². The molecule has 4 heteroatoms. The third-order valence-electron chi connectivity index (χ3n) is 7.61. The van der Waals surface area contributed by atoms with Crippen molar-refractivity contribution >= 4 is 0 Å². The van der Waals surface area contributed by atoms with Crippen LogP contribution in [0.15, 0.2) is 60.7 Å². The monoisotopic (exact) mass is 454 g/mol. The summed E-state index contributed by atoms with van der Waals surface area (Å²) in [6.45, 7) is 5.22. The molecule has 2 aliphatic rings.